The zero-order valence-corrected chi connectivity index (χ0v) is 15.7. The van der Waals surface area contributed by atoms with Crippen molar-refractivity contribution in [3.05, 3.63) is 35.4 Å². The Kier molecular flexibility index (Phi) is 5.10. The first-order valence-corrected chi connectivity index (χ1v) is 8.93. The van der Waals surface area contributed by atoms with Gasteiger partial charge in [0.2, 0.25) is 0 Å². The molecule has 1 N–H and O–H groups in total. The molecule has 0 saturated carbocycles. The third-order valence-electron chi connectivity index (χ3n) is 4.64. The van der Waals surface area contributed by atoms with Crippen molar-refractivity contribution in [2.75, 3.05) is 18.5 Å². The van der Waals surface area contributed by atoms with E-state index >= 15 is 0 Å². The maximum atomic E-state index is 12.8. The molecule has 1 saturated heterocycles. The van der Waals surface area contributed by atoms with Gasteiger partial charge in [-0.15, -0.1) is 0 Å². The van der Waals surface area contributed by atoms with E-state index in [1.807, 2.05) is 0 Å². The summed E-state index contributed by atoms with van der Waals surface area (Å²) in [6.45, 7) is 1.36. The van der Waals surface area contributed by atoms with Crippen molar-refractivity contribution < 1.29 is 36.7 Å². The minimum Gasteiger partial charge on any atom is -0.457 e. The maximum Gasteiger partial charge on any atom is 0.417 e. The largest absolute Gasteiger partial charge is 0.457 e. The minimum atomic E-state index is -3.02. The van der Waals surface area contributed by atoms with Crippen LogP contribution in [0.2, 0.25) is 0 Å². The van der Waals surface area contributed by atoms with Gasteiger partial charge >= 0.3 is 12.7 Å². The number of amides is 1. The summed E-state index contributed by atoms with van der Waals surface area (Å²) in [5, 5.41) is 6.66. The van der Waals surface area contributed by atoms with Crippen LogP contribution in [0.25, 0.3) is 11.0 Å². The summed E-state index contributed by atoms with van der Waals surface area (Å²) in [4.78, 5) is 12.3. The van der Waals surface area contributed by atoms with E-state index in [1.165, 1.54) is 12.1 Å². The Morgan fingerprint density at radius 3 is 2.76 bits per heavy atom. The lowest BCUT2D eigenvalue weighted by Gasteiger charge is -2.09. The highest BCUT2D eigenvalue weighted by Crippen LogP contribution is 2.40. The van der Waals surface area contributed by atoms with Crippen molar-refractivity contribution in [2.24, 2.45) is 0 Å². The van der Waals surface area contributed by atoms with Crippen LogP contribution in [0.3, 0.4) is 0 Å². The first-order chi connectivity index (χ1) is 13.9. The van der Waals surface area contributed by atoms with Crippen LogP contribution in [-0.2, 0) is 4.74 Å². The second-order valence-corrected chi connectivity index (χ2v) is 6.61. The van der Waals surface area contributed by atoms with E-state index in [2.05, 4.69) is 15.2 Å². The van der Waals surface area contributed by atoms with E-state index in [0.29, 0.717) is 41.5 Å². The molecule has 1 atom stereocenters. The lowest BCUT2D eigenvalue weighted by Crippen LogP contribution is -2.17. The highest BCUT2D eigenvalue weighted by atomic mass is 19.3. The number of ether oxygens (including phenoxy) is 3. The molecule has 1 aliphatic rings. The number of anilines is 1. The number of carbonyl (C=O) groups excluding carboxylic acids is 1. The average molecular weight is 408 g/mol. The Morgan fingerprint density at radius 1 is 1.31 bits per heavy atom. The molecule has 3 aromatic rings. The van der Waals surface area contributed by atoms with Crippen molar-refractivity contribution in [1.82, 2.24) is 5.16 Å². The summed E-state index contributed by atoms with van der Waals surface area (Å²) in [5.74, 6) is 0.972. The molecular formula is C19H18F2N2O6. The number of benzene rings is 1. The van der Waals surface area contributed by atoms with Crippen LogP contribution in [0.5, 0.6) is 11.5 Å². The van der Waals surface area contributed by atoms with Gasteiger partial charge in [-0.25, -0.2) is 4.79 Å². The molecular weight excluding hydrogens is 390 g/mol. The number of fused-ring (bicyclic) bond motifs is 1. The monoisotopic (exact) mass is 408 g/mol. The Balaban J connectivity index is 1.65. The number of halogens is 2. The highest BCUT2D eigenvalue weighted by molar-refractivity contribution is 5.94. The lowest BCUT2D eigenvalue weighted by atomic mass is 10.1. The van der Waals surface area contributed by atoms with Crippen LogP contribution in [0, 0.1) is 13.8 Å². The van der Waals surface area contributed by atoms with Gasteiger partial charge in [0.1, 0.15) is 22.9 Å². The highest BCUT2D eigenvalue weighted by Gasteiger charge is 2.25. The molecule has 10 heteroatoms. The molecule has 29 heavy (non-hydrogen) atoms. The predicted molar refractivity (Wildman–Crippen MR) is 96.6 cm³/mol. The van der Waals surface area contributed by atoms with E-state index in [1.54, 1.807) is 19.9 Å². The number of nitrogens with zero attached hydrogens (tertiary/aromatic N) is 1. The molecule has 1 amide bonds. The zero-order chi connectivity index (χ0) is 20.5. The minimum absolute atomic E-state index is 0.00854. The molecule has 0 radical (unpaired) electrons. The van der Waals surface area contributed by atoms with Gasteiger partial charge in [-0.3, -0.25) is 5.32 Å². The van der Waals surface area contributed by atoms with E-state index < -0.39 is 12.7 Å². The van der Waals surface area contributed by atoms with Crippen LogP contribution in [-0.4, -0.2) is 31.1 Å². The standard InChI is InChI=1S/C19H18F2N2O6/c1-9-16(10(2)29-23-9)22-19(24)28-13-3-4-14(27-18(20)21)17-12(13)7-15(26-17)11-5-6-25-8-11/h3-4,7,11,18H,5-6,8H2,1-2H3,(H,22,24). The van der Waals surface area contributed by atoms with Crippen LogP contribution in [0.1, 0.15) is 29.6 Å². The molecule has 0 bridgehead atoms. The fourth-order valence-electron chi connectivity index (χ4n) is 3.22. The van der Waals surface area contributed by atoms with E-state index in [9.17, 15) is 13.6 Å². The van der Waals surface area contributed by atoms with Crippen LogP contribution in [0.15, 0.2) is 27.1 Å². The quantitative estimate of drug-likeness (QED) is 0.651. The second-order valence-electron chi connectivity index (χ2n) is 6.61. The Hall–Kier alpha value is -3.14. The van der Waals surface area contributed by atoms with Crippen LogP contribution >= 0.6 is 0 Å². The Labute approximate surface area is 163 Å². The Bertz CT molecular complexity index is 1020. The normalized spacial score (nSPS) is 16.5. The molecule has 154 valence electrons. The number of rotatable bonds is 5. The number of aromatic nitrogens is 1. The van der Waals surface area contributed by atoms with E-state index in [4.69, 9.17) is 18.4 Å². The van der Waals surface area contributed by atoms with Crippen LogP contribution in [0.4, 0.5) is 19.3 Å². The topological polar surface area (TPSA) is 96.0 Å². The number of carbonyl (C=O) groups is 1. The molecule has 1 fully saturated rings. The van der Waals surface area contributed by atoms with Crippen molar-refractivity contribution in [2.45, 2.75) is 32.8 Å². The van der Waals surface area contributed by atoms with Crippen molar-refractivity contribution in [3.8, 4) is 11.5 Å². The summed E-state index contributed by atoms with van der Waals surface area (Å²) in [5.41, 5.74) is 0.979. The number of hydrogen-bond acceptors (Lipinski definition) is 7. The summed E-state index contributed by atoms with van der Waals surface area (Å²) < 4.78 is 51.6. The fraction of sp³-hybridized carbons (Fsp3) is 0.368. The zero-order valence-electron chi connectivity index (χ0n) is 15.7. The van der Waals surface area contributed by atoms with Crippen molar-refractivity contribution >= 4 is 22.7 Å². The predicted octanol–water partition coefficient (Wildman–Crippen LogP) is 4.75. The number of aryl methyl sites for hydroxylation is 2. The summed E-state index contributed by atoms with van der Waals surface area (Å²) >= 11 is 0. The van der Waals surface area contributed by atoms with Gasteiger partial charge in [0.05, 0.1) is 12.0 Å². The van der Waals surface area contributed by atoms with Crippen LogP contribution < -0.4 is 14.8 Å². The molecule has 1 aromatic carbocycles. The van der Waals surface area contributed by atoms with E-state index in [-0.39, 0.29) is 23.0 Å². The van der Waals surface area contributed by atoms with Crippen molar-refractivity contribution in [3.63, 3.8) is 0 Å². The first kappa shape index (κ1) is 19.2. The number of hydrogen-bond donors (Lipinski definition) is 1. The lowest BCUT2D eigenvalue weighted by molar-refractivity contribution is -0.0494. The molecule has 0 spiro atoms. The van der Waals surface area contributed by atoms with Crippen molar-refractivity contribution in [1.29, 1.82) is 0 Å². The molecule has 0 aliphatic carbocycles. The second kappa shape index (κ2) is 7.70. The van der Waals surface area contributed by atoms with Gasteiger partial charge < -0.3 is 23.2 Å². The number of alkyl halides is 2. The average Bonchev–Trinajstić information content (AvgIpc) is 3.40. The SMILES string of the molecule is Cc1noc(C)c1NC(=O)Oc1ccc(OC(F)F)c2oc(C3CCOC3)cc12. The molecule has 1 aliphatic heterocycles. The van der Waals surface area contributed by atoms with Gasteiger partial charge in [0.15, 0.2) is 17.1 Å². The summed E-state index contributed by atoms with van der Waals surface area (Å²) in [6.07, 6.45) is -0.0386. The molecule has 2 aromatic heterocycles. The van der Waals surface area contributed by atoms with Gasteiger partial charge in [0.25, 0.3) is 0 Å². The smallest absolute Gasteiger partial charge is 0.417 e. The molecule has 4 rings (SSSR count). The van der Waals surface area contributed by atoms with Gasteiger partial charge in [-0.05, 0) is 38.5 Å². The summed E-state index contributed by atoms with van der Waals surface area (Å²) in [7, 11) is 0. The molecule has 1 unspecified atom stereocenters. The third-order valence-corrected chi connectivity index (χ3v) is 4.64. The van der Waals surface area contributed by atoms with Gasteiger partial charge in [-0.1, -0.05) is 5.16 Å². The number of nitrogens with one attached hydrogen (secondary N) is 1. The third kappa shape index (κ3) is 3.88. The van der Waals surface area contributed by atoms with Gasteiger partial charge in [-0.2, -0.15) is 8.78 Å². The van der Waals surface area contributed by atoms with Gasteiger partial charge in [0, 0.05) is 12.5 Å². The first-order valence-electron chi connectivity index (χ1n) is 8.93. The fourth-order valence-corrected chi connectivity index (χ4v) is 3.22. The Morgan fingerprint density at radius 2 is 2.10 bits per heavy atom. The van der Waals surface area contributed by atoms with E-state index in [0.717, 1.165) is 6.42 Å². The summed E-state index contributed by atoms with van der Waals surface area (Å²) in [6, 6.07) is 4.30. The molecule has 8 nitrogen and oxygen atoms in total. The number of furan rings is 1. The maximum absolute atomic E-state index is 12.8. The molecule has 3 heterocycles.